The number of aryl methyl sites for hydroxylation is 1. The van der Waals surface area contributed by atoms with Crippen LogP contribution in [0.3, 0.4) is 0 Å². The number of ketones is 1. The molecule has 9 nitrogen and oxygen atoms in total. The topological polar surface area (TPSA) is 150 Å². The third-order valence-electron chi connectivity index (χ3n) is 5.73. The summed E-state index contributed by atoms with van der Waals surface area (Å²) < 4.78 is 0. The number of hydrogen-bond acceptors (Lipinski definition) is 5. The van der Waals surface area contributed by atoms with E-state index in [1.54, 1.807) is 0 Å². The largest absolute Gasteiger partial charge is 0.481 e. The van der Waals surface area contributed by atoms with Gasteiger partial charge in [0, 0.05) is 26.2 Å². The van der Waals surface area contributed by atoms with Crippen molar-refractivity contribution in [1.29, 1.82) is 0 Å². The lowest BCUT2D eigenvalue weighted by molar-refractivity contribution is -0.142. The minimum atomic E-state index is -1.21. The molecule has 0 bridgehead atoms. The van der Waals surface area contributed by atoms with Gasteiger partial charge >= 0.3 is 11.9 Å². The van der Waals surface area contributed by atoms with Crippen LogP contribution in [0.25, 0.3) is 5.57 Å². The van der Waals surface area contributed by atoms with Crippen molar-refractivity contribution in [3.63, 3.8) is 0 Å². The Morgan fingerprint density at radius 3 is 2.35 bits per heavy atom. The molecule has 2 atom stereocenters. The van der Waals surface area contributed by atoms with Crippen LogP contribution in [0.4, 0.5) is 0 Å². The summed E-state index contributed by atoms with van der Waals surface area (Å²) in [4.78, 5) is 58.2. The normalized spacial score (nSPS) is 13.9. The molecule has 0 aliphatic heterocycles. The average Bonchev–Trinajstić information content (AvgIpc) is 3.14. The molecule has 2 amide bonds. The second kappa shape index (κ2) is 12.7. The molecule has 0 aromatic heterocycles. The van der Waals surface area contributed by atoms with Gasteiger partial charge in [0.1, 0.15) is 6.04 Å². The Morgan fingerprint density at radius 2 is 1.71 bits per heavy atom. The van der Waals surface area contributed by atoms with Crippen molar-refractivity contribution in [3.05, 3.63) is 41.0 Å². The number of benzene rings is 1. The Morgan fingerprint density at radius 1 is 0.971 bits per heavy atom. The van der Waals surface area contributed by atoms with Gasteiger partial charge < -0.3 is 20.8 Å². The summed E-state index contributed by atoms with van der Waals surface area (Å²) in [5.74, 6) is -3.42. The molecule has 0 heterocycles. The van der Waals surface area contributed by atoms with Gasteiger partial charge in [0.25, 0.3) is 0 Å². The Balaban J connectivity index is 1.87. The third-order valence-corrected chi connectivity index (χ3v) is 5.73. The van der Waals surface area contributed by atoms with E-state index in [1.807, 2.05) is 19.1 Å². The Bertz CT molecular complexity index is 983. The first-order valence-corrected chi connectivity index (χ1v) is 11.4. The number of fused-ring (bicyclic) bond motifs is 1. The van der Waals surface area contributed by atoms with E-state index in [0.717, 1.165) is 17.6 Å². The highest BCUT2D eigenvalue weighted by atomic mass is 16.4. The molecule has 1 aliphatic rings. The van der Waals surface area contributed by atoms with Crippen LogP contribution in [0, 0.1) is 6.92 Å². The molecule has 9 heteroatoms. The minimum absolute atomic E-state index is 0.115. The number of Topliss-reactive ketones (excluding diaryl/α,β-unsaturated/α-hetero) is 1. The Labute approximate surface area is 198 Å². The summed E-state index contributed by atoms with van der Waals surface area (Å²) in [6.45, 7) is 3.39. The maximum atomic E-state index is 12.9. The summed E-state index contributed by atoms with van der Waals surface area (Å²) in [6, 6.07) is 4.36. The number of nitrogens with one attached hydrogen (secondary N) is 2. The number of hydrogen-bond donors (Lipinski definition) is 4. The van der Waals surface area contributed by atoms with Crippen LogP contribution in [0.15, 0.2) is 24.3 Å². The van der Waals surface area contributed by atoms with Gasteiger partial charge in [-0.3, -0.25) is 19.2 Å². The van der Waals surface area contributed by atoms with E-state index < -0.39 is 29.9 Å². The summed E-state index contributed by atoms with van der Waals surface area (Å²) in [5.41, 5.74) is 4.49. The van der Waals surface area contributed by atoms with Crippen molar-refractivity contribution in [3.8, 4) is 0 Å². The molecule has 0 spiro atoms. The SMILES string of the molecule is CC(=O)N[C@H](CC1=CCc2cc(C)ccc21)C(=O)CCCC[C@@H](NC(=O)CCC(=O)O)C(=O)O. The number of amides is 2. The van der Waals surface area contributed by atoms with Gasteiger partial charge in [-0.1, -0.05) is 36.3 Å². The maximum absolute atomic E-state index is 12.9. The molecule has 1 aromatic carbocycles. The van der Waals surface area contributed by atoms with Crippen LogP contribution in [-0.2, 0) is 30.4 Å². The molecule has 0 radical (unpaired) electrons. The number of aliphatic carboxylic acids is 2. The number of allylic oxidation sites excluding steroid dienone is 1. The van der Waals surface area contributed by atoms with Crippen LogP contribution in [-0.4, -0.2) is 51.8 Å². The van der Waals surface area contributed by atoms with E-state index >= 15 is 0 Å². The van der Waals surface area contributed by atoms with E-state index in [-0.39, 0.29) is 37.4 Å². The second-order valence-electron chi connectivity index (χ2n) is 8.62. The minimum Gasteiger partial charge on any atom is -0.481 e. The molecule has 4 N–H and O–H groups in total. The number of unbranched alkanes of at least 4 members (excludes halogenated alkanes) is 1. The fourth-order valence-electron chi connectivity index (χ4n) is 4.02. The first-order valence-electron chi connectivity index (χ1n) is 11.4. The van der Waals surface area contributed by atoms with E-state index in [1.165, 1.54) is 18.1 Å². The van der Waals surface area contributed by atoms with Crippen LogP contribution < -0.4 is 10.6 Å². The van der Waals surface area contributed by atoms with Gasteiger partial charge in [-0.2, -0.15) is 0 Å². The van der Waals surface area contributed by atoms with E-state index in [9.17, 15) is 29.1 Å². The highest BCUT2D eigenvalue weighted by Crippen LogP contribution is 2.31. The predicted octanol–water partition coefficient (Wildman–Crippen LogP) is 2.39. The van der Waals surface area contributed by atoms with Crippen molar-refractivity contribution in [2.45, 2.75) is 77.3 Å². The third kappa shape index (κ3) is 8.46. The molecule has 2 rings (SSSR count). The number of rotatable bonds is 14. The molecule has 184 valence electrons. The van der Waals surface area contributed by atoms with Crippen molar-refractivity contribution < 1.29 is 34.2 Å². The fraction of sp³-hybridized carbons (Fsp3) is 0.480. The molecule has 0 fully saturated rings. The zero-order valence-electron chi connectivity index (χ0n) is 19.6. The Hall–Kier alpha value is -3.49. The van der Waals surface area contributed by atoms with Gasteiger partial charge in [-0.15, -0.1) is 0 Å². The lowest BCUT2D eigenvalue weighted by atomic mass is 9.94. The van der Waals surface area contributed by atoms with E-state index in [2.05, 4.69) is 22.8 Å². The quantitative estimate of drug-likeness (QED) is 0.304. The molecule has 0 unspecified atom stereocenters. The molecular formula is C25H32N2O7. The monoisotopic (exact) mass is 472 g/mol. The average molecular weight is 473 g/mol. The van der Waals surface area contributed by atoms with Crippen molar-refractivity contribution >= 4 is 35.1 Å². The van der Waals surface area contributed by atoms with E-state index in [4.69, 9.17) is 5.11 Å². The van der Waals surface area contributed by atoms with E-state index in [0.29, 0.717) is 19.3 Å². The molecule has 1 aromatic rings. The summed E-state index contributed by atoms with van der Waals surface area (Å²) in [6.07, 6.45) is 3.65. The molecular weight excluding hydrogens is 440 g/mol. The summed E-state index contributed by atoms with van der Waals surface area (Å²) in [5, 5.41) is 23.0. The first-order chi connectivity index (χ1) is 16.1. The first kappa shape index (κ1) is 26.8. The maximum Gasteiger partial charge on any atom is 0.326 e. The zero-order valence-corrected chi connectivity index (χ0v) is 19.6. The summed E-state index contributed by atoms with van der Waals surface area (Å²) in [7, 11) is 0. The summed E-state index contributed by atoms with van der Waals surface area (Å²) >= 11 is 0. The van der Waals surface area contributed by atoms with Crippen LogP contribution in [0.1, 0.15) is 68.6 Å². The standard InChI is InChI=1S/C25H32N2O7/c1-15-7-10-19-17(13-15)8-9-18(19)14-21(26-16(2)28)22(29)6-4-3-5-20(25(33)34)27-23(30)11-12-24(31)32/h7,9-10,13,20-21H,3-6,8,11-12,14H2,1-2H3,(H,26,28)(H,27,30)(H,31,32)(H,33,34)/t20-,21-/m1/s1. The van der Waals surface area contributed by atoms with Crippen LogP contribution >= 0.6 is 0 Å². The molecule has 0 saturated carbocycles. The highest BCUT2D eigenvalue weighted by molar-refractivity contribution is 5.91. The van der Waals surface area contributed by atoms with Crippen LogP contribution in [0.2, 0.25) is 0 Å². The number of carbonyl (C=O) groups excluding carboxylic acids is 3. The predicted molar refractivity (Wildman–Crippen MR) is 125 cm³/mol. The van der Waals surface area contributed by atoms with Crippen molar-refractivity contribution in [2.24, 2.45) is 0 Å². The van der Waals surface area contributed by atoms with Gasteiger partial charge in [-0.25, -0.2) is 4.79 Å². The van der Waals surface area contributed by atoms with Gasteiger partial charge in [0.2, 0.25) is 11.8 Å². The lowest BCUT2D eigenvalue weighted by Crippen LogP contribution is -2.41. The fourth-order valence-corrected chi connectivity index (χ4v) is 4.02. The lowest BCUT2D eigenvalue weighted by Gasteiger charge is -2.19. The molecule has 0 saturated heterocycles. The van der Waals surface area contributed by atoms with Crippen LogP contribution in [0.5, 0.6) is 0 Å². The molecule has 34 heavy (non-hydrogen) atoms. The van der Waals surface area contributed by atoms with Crippen molar-refractivity contribution in [2.75, 3.05) is 0 Å². The number of carboxylic acids is 2. The van der Waals surface area contributed by atoms with Gasteiger partial charge in [0.05, 0.1) is 12.5 Å². The smallest absolute Gasteiger partial charge is 0.326 e. The second-order valence-corrected chi connectivity index (χ2v) is 8.62. The Kier molecular flexibility index (Phi) is 9.97. The molecule has 1 aliphatic carbocycles. The van der Waals surface area contributed by atoms with Crippen molar-refractivity contribution in [1.82, 2.24) is 10.6 Å². The number of carbonyl (C=O) groups is 5. The zero-order chi connectivity index (χ0) is 25.3. The number of carboxylic acid groups (broad SMARTS) is 2. The van der Waals surface area contributed by atoms with Gasteiger partial charge in [-0.05, 0) is 42.9 Å². The highest BCUT2D eigenvalue weighted by Gasteiger charge is 2.25. The van der Waals surface area contributed by atoms with Gasteiger partial charge in [0.15, 0.2) is 5.78 Å².